The number of carbonyl (C=O) groups is 1. The summed E-state index contributed by atoms with van der Waals surface area (Å²) < 4.78 is 6.43. The fourth-order valence-electron chi connectivity index (χ4n) is 3.20. The first kappa shape index (κ1) is 17.5. The van der Waals surface area contributed by atoms with Crippen LogP contribution in [-0.4, -0.2) is 49.1 Å². The molecule has 3 aromatic rings. The van der Waals surface area contributed by atoms with Gasteiger partial charge < -0.3 is 14.5 Å². The second-order valence-electron chi connectivity index (χ2n) is 6.37. The minimum atomic E-state index is 0.0412. The number of rotatable bonds is 4. The molecule has 2 heterocycles. The van der Waals surface area contributed by atoms with Crippen LogP contribution in [0.2, 0.25) is 0 Å². The predicted octanol–water partition coefficient (Wildman–Crippen LogP) is 3.67. The highest BCUT2D eigenvalue weighted by atomic mass is 32.1. The van der Waals surface area contributed by atoms with Crippen LogP contribution in [0.15, 0.2) is 54.6 Å². The number of hydrogen-bond acceptors (Lipinski definition) is 5. The largest absolute Gasteiger partial charge is 0.497 e. The van der Waals surface area contributed by atoms with Gasteiger partial charge >= 0.3 is 0 Å². The molecule has 6 heteroatoms. The number of fused-ring (bicyclic) bond motifs is 1. The van der Waals surface area contributed by atoms with Gasteiger partial charge in [0.2, 0.25) is 5.91 Å². The maximum atomic E-state index is 12.5. The molecule has 0 aliphatic carbocycles. The van der Waals surface area contributed by atoms with E-state index in [1.54, 1.807) is 24.5 Å². The molecule has 138 valence electrons. The smallest absolute Gasteiger partial charge is 0.246 e. The number of methoxy groups -OCH3 is 1. The predicted molar refractivity (Wildman–Crippen MR) is 110 cm³/mol. The third-order valence-corrected chi connectivity index (χ3v) is 5.69. The SMILES string of the molecule is COc1cccc(N2CCN(C(=O)/C=C/c3nc4ccccc4s3)CC2)c1. The van der Waals surface area contributed by atoms with Crippen LogP contribution in [0.4, 0.5) is 5.69 Å². The highest BCUT2D eigenvalue weighted by Crippen LogP contribution is 2.23. The summed E-state index contributed by atoms with van der Waals surface area (Å²) in [5.74, 6) is 0.893. The van der Waals surface area contributed by atoms with Gasteiger partial charge in [-0.05, 0) is 30.3 Å². The fourth-order valence-corrected chi connectivity index (χ4v) is 4.07. The summed E-state index contributed by atoms with van der Waals surface area (Å²) in [5.41, 5.74) is 2.10. The number of aromatic nitrogens is 1. The molecule has 1 aliphatic heterocycles. The molecular formula is C21H21N3O2S. The quantitative estimate of drug-likeness (QED) is 0.649. The Morgan fingerprint density at radius 1 is 1.11 bits per heavy atom. The average molecular weight is 379 g/mol. The van der Waals surface area contributed by atoms with Gasteiger partial charge in [0.05, 0.1) is 17.3 Å². The van der Waals surface area contributed by atoms with Crippen LogP contribution in [0.25, 0.3) is 16.3 Å². The molecule has 5 nitrogen and oxygen atoms in total. The number of ether oxygens (including phenoxy) is 1. The van der Waals surface area contributed by atoms with Crippen molar-refractivity contribution in [1.82, 2.24) is 9.88 Å². The molecule has 27 heavy (non-hydrogen) atoms. The third kappa shape index (κ3) is 3.95. The molecule has 0 N–H and O–H groups in total. The highest BCUT2D eigenvalue weighted by molar-refractivity contribution is 7.19. The second kappa shape index (κ2) is 7.80. The van der Waals surface area contributed by atoms with E-state index in [-0.39, 0.29) is 5.91 Å². The van der Waals surface area contributed by atoms with Crippen LogP contribution < -0.4 is 9.64 Å². The molecule has 0 spiro atoms. The molecule has 0 atom stereocenters. The molecule has 1 amide bonds. The Kier molecular flexibility index (Phi) is 5.07. The van der Waals surface area contributed by atoms with E-state index in [1.807, 2.05) is 53.4 Å². The van der Waals surface area contributed by atoms with Gasteiger partial charge in [0.15, 0.2) is 0 Å². The number of benzene rings is 2. The number of anilines is 1. The third-order valence-electron chi connectivity index (χ3n) is 4.69. The van der Waals surface area contributed by atoms with E-state index in [9.17, 15) is 4.79 Å². The summed E-state index contributed by atoms with van der Waals surface area (Å²) in [5, 5.41) is 0.861. The average Bonchev–Trinajstić information content (AvgIpc) is 3.15. The Labute approximate surface area is 162 Å². The molecule has 0 saturated carbocycles. The molecule has 0 bridgehead atoms. The molecule has 4 rings (SSSR count). The van der Waals surface area contributed by atoms with Gasteiger partial charge in [-0.15, -0.1) is 11.3 Å². The fraction of sp³-hybridized carbons (Fsp3) is 0.238. The van der Waals surface area contributed by atoms with Crippen molar-refractivity contribution < 1.29 is 9.53 Å². The van der Waals surface area contributed by atoms with Gasteiger partial charge in [0.1, 0.15) is 10.8 Å². The van der Waals surface area contributed by atoms with Gasteiger partial charge in [0.25, 0.3) is 0 Å². The topological polar surface area (TPSA) is 45.7 Å². The molecule has 0 unspecified atom stereocenters. The zero-order valence-electron chi connectivity index (χ0n) is 15.2. The molecule has 1 fully saturated rings. The number of nitrogens with zero attached hydrogens (tertiary/aromatic N) is 3. The van der Waals surface area contributed by atoms with E-state index in [0.29, 0.717) is 13.1 Å². The van der Waals surface area contributed by atoms with E-state index in [0.717, 1.165) is 39.8 Å². The minimum absolute atomic E-state index is 0.0412. The number of amides is 1. The van der Waals surface area contributed by atoms with Gasteiger partial charge in [-0.3, -0.25) is 4.79 Å². The first-order valence-electron chi connectivity index (χ1n) is 8.94. The highest BCUT2D eigenvalue weighted by Gasteiger charge is 2.20. The first-order valence-corrected chi connectivity index (χ1v) is 9.76. The van der Waals surface area contributed by atoms with Gasteiger partial charge in [-0.1, -0.05) is 18.2 Å². The summed E-state index contributed by atoms with van der Waals surface area (Å²) in [6.07, 6.45) is 3.46. The zero-order valence-corrected chi connectivity index (χ0v) is 16.0. The number of piperazine rings is 1. The molecule has 1 aromatic heterocycles. The minimum Gasteiger partial charge on any atom is -0.497 e. The molecule has 2 aromatic carbocycles. The normalized spacial score (nSPS) is 14.9. The van der Waals surface area contributed by atoms with Crippen molar-refractivity contribution in [2.24, 2.45) is 0 Å². The Balaban J connectivity index is 1.36. The summed E-state index contributed by atoms with van der Waals surface area (Å²) in [6, 6.07) is 16.1. The lowest BCUT2D eigenvalue weighted by atomic mass is 10.2. The Morgan fingerprint density at radius 3 is 2.70 bits per heavy atom. The zero-order chi connectivity index (χ0) is 18.6. The van der Waals surface area contributed by atoms with Crippen LogP contribution in [-0.2, 0) is 4.79 Å². The molecule has 1 aliphatic rings. The van der Waals surface area contributed by atoms with Gasteiger partial charge in [0, 0.05) is 44.0 Å². The van der Waals surface area contributed by atoms with Crippen molar-refractivity contribution in [1.29, 1.82) is 0 Å². The van der Waals surface area contributed by atoms with Gasteiger partial charge in [-0.2, -0.15) is 0 Å². The summed E-state index contributed by atoms with van der Waals surface area (Å²) in [4.78, 5) is 21.2. The van der Waals surface area contributed by atoms with Crippen LogP contribution in [0.1, 0.15) is 5.01 Å². The van der Waals surface area contributed by atoms with Crippen LogP contribution in [0, 0.1) is 0 Å². The summed E-state index contributed by atoms with van der Waals surface area (Å²) in [7, 11) is 1.67. The standard InChI is InChI=1S/C21H21N3O2S/c1-26-17-6-4-5-16(15-17)23-11-13-24(14-12-23)21(25)10-9-20-22-18-7-2-3-8-19(18)27-20/h2-10,15H,11-14H2,1H3/b10-9+. The van der Waals surface area contributed by atoms with Gasteiger partial charge in [-0.25, -0.2) is 4.98 Å². The first-order chi connectivity index (χ1) is 13.2. The van der Waals surface area contributed by atoms with E-state index >= 15 is 0 Å². The lowest BCUT2D eigenvalue weighted by Gasteiger charge is -2.35. The van der Waals surface area contributed by atoms with E-state index in [4.69, 9.17) is 4.74 Å². The van der Waals surface area contributed by atoms with Crippen molar-refractivity contribution in [3.8, 4) is 5.75 Å². The number of para-hydroxylation sites is 1. The van der Waals surface area contributed by atoms with Crippen molar-refractivity contribution >= 4 is 39.2 Å². The monoisotopic (exact) mass is 379 g/mol. The lowest BCUT2D eigenvalue weighted by Crippen LogP contribution is -2.48. The Bertz CT molecular complexity index is 941. The van der Waals surface area contributed by atoms with E-state index < -0.39 is 0 Å². The Hall–Kier alpha value is -2.86. The Morgan fingerprint density at radius 2 is 1.93 bits per heavy atom. The molecule has 0 radical (unpaired) electrons. The maximum Gasteiger partial charge on any atom is 0.246 e. The maximum absolute atomic E-state index is 12.5. The van der Waals surface area contributed by atoms with Crippen LogP contribution in [0.3, 0.4) is 0 Å². The summed E-state index contributed by atoms with van der Waals surface area (Å²) >= 11 is 1.60. The molecular weight excluding hydrogens is 358 g/mol. The molecule has 1 saturated heterocycles. The number of carbonyl (C=O) groups excluding carboxylic acids is 1. The van der Waals surface area contributed by atoms with Crippen molar-refractivity contribution in [3.63, 3.8) is 0 Å². The van der Waals surface area contributed by atoms with Crippen LogP contribution >= 0.6 is 11.3 Å². The summed E-state index contributed by atoms with van der Waals surface area (Å²) in [6.45, 7) is 3.04. The van der Waals surface area contributed by atoms with Crippen molar-refractivity contribution in [3.05, 3.63) is 59.6 Å². The lowest BCUT2D eigenvalue weighted by molar-refractivity contribution is -0.126. The number of thiazole rings is 1. The van der Waals surface area contributed by atoms with Crippen molar-refractivity contribution in [2.75, 3.05) is 38.2 Å². The van der Waals surface area contributed by atoms with Crippen molar-refractivity contribution in [2.45, 2.75) is 0 Å². The number of hydrogen-bond donors (Lipinski definition) is 0. The second-order valence-corrected chi connectivity index (χ2v) is 7.43. The van der Waals surface area contributed by atoms with Crippen LogP contribution in [0.5, 0.6) is 5.75 Å². The van der Waals surface area contributed by atoms with E-state index in [2.05, 4.69) is 16.0 Å². The van der Waals surface area contributed by atoms with E-state index in [1.165, 1.54) is 0 Å².